The molecular formula is C18H19N3O4S2. The second-order valence-corrected chi connectivity index (χ2v) is 9.87. The van der Waals surface area contributed by atoms with Gasteiger partial charge in [-0.3, -0.25) is 9.59 Å². The molecule has 4 rings (SSSR count). The summed E-state index contributed by atoms with van der Waals surface area (Å²) in [6, 6.07) is 10.9. The zero-order valence-electron chi connectivity index (χ0n) is 14.5. The van der Waals surface area contributed by atoms with Gasteiger partial charge in [0, 0.05) is 12.2 Å². The molecule has 2 aromatic rings. The number of rotatable bonds is 3. The Hall–Kier alpha value is -2.26. The molecule has 1 unspecified atom stereocenters. The van der Waals surface area contributed by atoms with E-state index in [0.29, 0.717) is 12.1 Å². The topological polar surface area (TPSA) is 88.5 Å². The van der Waals surface area contributed by atoms with Crippen LogP contribution in [0, 0.1) is 0 Å². The lowest BCUT2D eigenvalue weighted by Crippen LogP contribution is -2.45. The zero-order chi connectivity index (χ0) is 19.0. The lowest BCUT2D eigenvalue weighted by Gasteiger charge is -2.28. The third-order valence-electron chi connectivity index (χ3n) is 4.69. The predicted molar refractivity (Wildman–Crippen MR) is 104 cm³/mol. The number of thioether (sulfide) groups is 1. The zero-order valence-corrected chi connectivity index (χ0v) is 16.1. The molecule has 0 bridgehead atoms. The number of carbonyl (C=O) groups is 2. The van der Waals surface area contributed by atoms with Gasteiger partial charge in [0.05, 0.1) is 33.7 Å². The SMILES string of the molecule is O=C(CN1C(=O)CSc2cccn2-c2ccccc21)NC1CCS(=O)(=O)C1. The highest BCUT2D eigenvalue weighted by Crippen LogP contribution is 2.32. The molecule has 1 N–H and O–H groups in total. The number of nitrogens with one attached hydrogen (secondary N) is 1. The molecule has 0 radical (unpaired) electrons. The molecule has 1 fully saturated rings. The molecule has 2 amide bonds. The first-order valence-corrected chi connectivity index (χ1v) is 11.4. The molecular weight excluding hydrogens is 386 g/mol. The summed E-state index contributed by atoms with van der Waals surface area (Å²) in [5.74, 6) is -0.223. The van der Waals surface area contributed by atoms with E-state index >= 15 is 0 Å². The molecule has 0 spiro atoms. The van der Waals surface area contributed by atoms with Crippen LogP contribution in [0.3, 0.4) is 0 Å². The van der Waals surface area contributed by atoms with Gasteiger partial charge in [-0.15, -0.1) is 0 Å². The largest absolute Gasteiger partial charge is 0.351 e. The van der Waals surface area contributed by atoms with Crippen molar-refractivity contribution in [2.75, 3.05) is 28.7 Å². The van der Waals surface area contributed by atoms with Crippen molar-refractivity contribution in [3.63, 3.8) is 0 Å². The molecule has 3 heterocycles. The molecule has 9 heteroatoms. The van der Waals surface area contributed by atoms with Gasteiger partial charge in [0.25, 0.3) is 0 Å². The third kappa shape index (κ3) is 3.74. The Balaban J connectivity index is 1.59. The van der Waals surface area contributed by atoms with Gasteiger partial charge in [-0.25, -0.2) is 8.42 Å². The number of anilines is 1. The molecule has 0 saturated carbocycles. The van der Waals surface area contributed by atoms with Crippen LogP contribution in [0.1, 0.15) is 6.42 Å². The number of benzene rings is 1. The van der Waals surface area contributed by atoms with E-state index in [1.807, 2.05) is 47.2 Å². The molecule has 1 saturated heterocycles. The van der Waals surface area contributed by atoms with E-state index in [4.69, 9.17) is 0 Å². The van der Waals surface area contributed by atoms with Crippen LogP contribution in [-0.4, -0.2) is 54.6 Å². The van der Waals surface area contributed by atoms with Gasteiger partial charge < -0.3 is 14.8 Å². The van der Waals surface area contributed by atoms with Crippen molar-refractivity contribution in [1.29, 1.82) is 0 Å². The molecule has 1 atom stereocenters. The Bertz CT molecular complexity index is 1000. The normalized spacial score (nSPS) is 21.1. The number of amides is 2. The molecule has 2 aliphatic heterocycles. The van der Waals surface area contributed by atoms with Crippen molar-refractivity contribution in [3.05, 3.63) is 42.6 Å². The second-order valence-electron chi connectivity index (χ2n) is 6.64. The van der Waals surface area contributed by atoms with Gasteiger partial charge in [-0.05, 0) is 30.7 Å². The molecule has 0 aliphatic carbocycles. The Kier molecular flexibility index (Phi) is 4.73. The number of para-hydroxylation sites is 2. The first-order valence-electron chi connectivity index (χ1n) is 8.63. The van der Waals surface area contributed by atoms with Crippen molar-refractivity contribution in [3.8, 4) is 5.69 Å². The maximum absolute atomic E-state index is 12.8. The first-order chi connectivity index (χ1) is 12.9. The summed E-state index contributed by atoms with van der Waals surface area (Å²) in [6.45, 7) is -0.135. The number of fused-ring (bicyclic) bond motifs is 3. The van der Waals surface area contributed by atoms with Crippen molar-refractivity contribution < 1.29 is 18.0 Å². The Labute approximate surface area is 161 Å². The first kappa shape index (κ1) is 18.1. The maximum Gasteiger partial charge on any atom is 0.240 e. The second kappa shape index (κ2) is 7.05. The van der Waals surface area contributed by atoms with Crippen LogP contribution in [0.4, 0.5) is 5.69 Å². The van der Waals surface area contributed by atoms with Gasteiger partial charge in [-0.1, -0.05) is 23.9 Å². The van der Waals surface area contributed by atoms with E-state index in [9.17, 15) is 18.0 Å². The fraction of sp³-hybridized carbons (Fsp3) is 0.333. The van der Waals surface area contributed by atoms with Crippen LogP contribution in [0.25, 0.3) is 5.69 Å². The predicted octanol–water partition coefficient (Wildman–Crippen LogP) is 1.22. The number of sulfone groups is 1. The lowest BCUT2D eigenvalue weighted by atomic mass is 10.2. The summed E-state index contributed by atoms with van der Waals surface area (Å²) in [6.07, 6.45) is 2.35. The van der Waals surface area contributed by atoms with Crippen LogP contribution in [-0.2, 0) is 19.4 Å². The van der Waals surface area contributed by atoms with Crippen LogP contribution in [0.15, 0.2) is 47.6 Å². The molecule has 142 valence electrons. The van der Waals surface area contributed by atoms with Crippen LogP contribution < -0.4 is 10.2 Å². The molecule has 1 aromatic heterocycles. The highest BCUT2D eigenvalue weighted by Gasteiger charge is 2.31. The minimum Gasteiger partial charge on any atom is -0.351 e. The van der Waals surface area contributed by atoms with Crippen molar-refractivity contribution in [2.24, 2.45) is 0 Å². The Morgan fingerprint density at radius 2 is 1.96 bits per heavy atom. The number of hydrogen-bond donors (Lipinski definition) is 1. The fourth-order valence-corrected chi connectivity index (χ4v) is 6.00. The number of nitrogens with zero attached hydrogens (tertiary/aromatic N) is 2. The molecule has 7 nitrogen and oxygen atoms in total. The monoisotopic (exact) mass is 405 g/mol. The molecule has 2 aliphatic rings. The van der Waals surface area contributed by atoms with E-state index in [-0.39, 0.29) is 41.7 Å². The average Bonchev–Trinajstić information content (AvgIpc) is 3.22. The minimum absolute atomic E-state index is 0.0359. The van der Waals surface area contributed by atoms with Gasteiger partial charge in [0.15, 0.2) is 9.84 Å². The molecule has 1 aromatic carbocycles. The van der Waals surface area contributed by atoms with E-state index in [0.717, 1.165) is 10.7 Å². The van der Waals surface area contributed by atoms with E-state index < -0.39 is 9.84 Å². The highest BCUT2D eigenvalue weighted by atomic mass is 32.2. The number of carbonyl (C=O) groups excluding carboxylic acids is 2. The summed E-state index contributed by atoms with van der Waals surface area (Å²) in [5, 5.41) is 3.73. The van der Waals surface area contributed by atoms with Crippen molar-refractivity contribution >= 4 is 39.1 Å². The minimum atomic E-state index is -3.07. The van der Waals surface area contributed by atoms with Gasteiger partial charge in [-0.2, -0.15) is 0 Å². The van der Waals surface area contributed by atoms with Crippen molar-refractivity contribution in [2.45, 2.75) is 17.5 Å². The fourth-order valence-electron chi connectivity index (χ4n) is 3.43. The smallest absolute Gasteiger partial charge is 0.240 e. The summed E-state index contributed by atoms with van der Waals surface area (Å²) in [5.41, 5.74) is 1.49. The van der Waals surface area contributed by atoms with Gasteiger partial charge in [0.1, 0.15) is 6.54 Å². The standard InChI is InChI=1S/C18H19N3O4S2/c22-16(19-13-7-9-27(24,25)12-13)10-21-15-5-2-1-4-14(15)20-8-3-6-18(20)26-11-17(21)23/h1-6,8,13H,7,9-12H2,(H,19,22). The average molecular weight is 406 g/mol. The van der Waals surface area contributed by atoms with Crippen LogP contribution in [0.5, 0.6) is 0 Å². The van der Waals surface area contributed by atoms with Gasteiger partial charge in [0.2, 0.25) is 11.8 Å². The maximum atomic E-state index is 12.8. The van der Waals surface area contributed by atoms with Crippen molar-refractivity contribution in [1.82, 2.24) is 9.88 Å². The summed E-state index contributed by atoms with van der Waals surface area (Å²) in [7, 11) is -3.07. The lowest BCUT2D eigenvalue weighted by molar-refractivity contribution is -0.123. The Morgan fingerprint density at radius 1 is 1.19 bits per heavy atom. The van der Waals surface area contributed by atoms with E-state index in [1.165, 1.54) is 16.7 Å². The highest BCUT2D eigenvalue weighted by molar-refractivity contribution is 8.00. The Morgan fingerprint density at radius 3 is 2.70 bits per heavy atom. The van der Waals surface area contributed by atoms with E-state index in [1.54, 1.807) is 0 Å². The number of hydrogen-bond acceptors (Lipinski definition) is 5. The van der Waals surface area contributed by atoms with Gasteiger partial charge >= 0.3 is 0 Å². The third-order valence-corrected chi connectivity index (χ3v) is 7.48. The summed E-state index contributed by atoms with van der Waals surface area (Å²) < 4.78 is 25.2. The van der Waals surface area contributed by atoms with Crippen LogP contribution >= 0.6 is 11.8 Å². The number of aromatic nitrogens is 1. The van der Waals surface area contributed by atoms with Crippen LogP contribution in [0.2, 0.25) is 0 Å². The summed E-state index contributed by atoms with van der Waals surface area (Å²) in [4.78, 5) is 26.7. The van der Waals surface area contributed by atoms with E-state index in [2.05, 4.69) is 5.32 Å². The summed E-state index contributed by atoms with van der Waals surface area (Å²) >= 11 is 1.43. The molecule has 27 heavy (non-hydrogen) atoms. The quantitative estimate of drug-likeness (QED) is 0.830.